The van der Waals surface area contributed by atoms with Gasteiger partial charge in [-0.05, 0) is 78.7 Å². The monoisotopic (exact) mass is 520 g/mol. The van der Waals surface area contributed by atoms with Crippen molar-refractivity contribution in [2.45, 2.75) is 26.9 Å². The van der Waals surface area contributed by atoms with Gasteiger partial charge in [0.25, 0.3) is 5.91 Å². The summed E-state index contributed by atoms with van der Waals surface area (Å²) in [6, 6.07) is 30.9. The van der Waals surface area contributed by atoms with Crippen LogP contribution in [0.4, 0.5) is 5.69 Å². The topological polar surface area (TPSA) is 40.8 Å². The fourth-order valence-corrected chi connectivity index (χ4v) is 5.61. The van der Waals surface area contributed by atoms with Crippen LogP contribution in [-0.4, -0.2) is 34.6 Å². The Kier molecular flexibility index (Phi) is 7.52. The van der Waals surface area contributed by atoms with Crippen molar-refractivity contribution in [1.82, 2.24) is 9.47 Å². The number of benzene rings is 3. The van der Waals surface area contributed by atoms with E-state index in [9.17, 15) is 4.79 Å². The van der Waals surface area contributed by atoms with Crippen LogP contribution in [0, 0.1) is 13.8 Å². The number of amides is 1. The zero-order chi connectivity index (χ0) is 26.6. The Morgan fingerprint density at radius 3 is 2.13 bits per heavy atom. The molecule has 3 aromatic carbocycles. The van der Waals surface area contributed by atoms with Gasteiger partial charge in [0, 0.05) is 36.9 Å². The van der Waals surface area contributed by atoms with Crippen molar-refractivity contribution in [3.05, 3.63) is 124 Å². The molecule has 1 aliphatic rings. The summed E-state index contributed by atoms with van der Waals surface area (Å²) >= 11 is 1.46. The Hall–Kier alpha value is -4.03. The van der Waals surface area contributed by atoms with E-state index in [2.05, 4.69) is 65.8 Å². The number of rotatable bonds is 7. The standard InChI is InChI=1S/C32H32N4OS/c1-23-19-27(24(2)36(23)29-17-15-28(16-18-29)34(3)4)20-30-31(37)35(22-26-13-9-6-10-14-26)32(38-30)33-21-25-11-7-5-8-12-25/h5-20H,21-22H2,1-4H3/b30-20-,33-32?. The van der Waals surface area contributed by atoms with Gasteiger partial charge < -0.3 is 9.47 Å². The first-order valence-corrected chi connectivity index (χ1v) is 13.5. The van der Waals surface area contributed by atoms with E-state index in [1.165, 1.54) is 11.8 Å². The molecule has 6 heteroatoms. The number of aromatic nitrogens is 1. The largest absolute Gasteiger partial charge is 0.378 e. The lowest BCUT2D eigenvalue weighted by atomic mass is 10.2. The minimum absolute atomic E-state index is 0.00852. The first kappa shape index (κ1) is 25.6. The molecule has 192 valence electrons. The number of anilines is 1. The number of carbonyl (C=O) groups is 1. The zero-order valence-corrected chi connectivity index (χ0v) is 23.1. The summed E-state index contributed by atoms with van der Waals surface area (Å²) in [6.45, 7) is 5.24. The predicted octanol–water partition coefficient (Wildman–Crippen LogP) is 6.83. The smallest absolute Gasteiger partial charge is 0.267 e. The quantitative estimate of drug-likeness (QED) is 0.251. The van der Waals surface area contributed by atoms with Gasteiger partial charge in [0.1, 0.15) is 0 Å². The molecule has 0 N–H and O–H groups in total. The molecular formula is C32H32N4OS. The van der Waals surface area contributed by atoms with E-state index in [-0.39, 0.29) is 5.91 Å². The van der Waals surface area contributed by atoms with E-state index in [1.807, 2.05) is 68.7 Å². The summed E-state index contributed by atoms with van der Waals surface area (Å²) in [5.41, 5.74) is 7.73. The molecule has 1 aromatic heterocycles. The number of hydrogen-bond acceptors (Lipinski definition) is 4. The third-order valence-corrected chi connectivity index (χ3v) is 7.74. The van der Waals surface area contributed by atoms with Crippen LogP contribution in [-0.2, 0) is 17.9 Å². The Balaban J connectivity index is 1.46. The van der Waals surface area contributed by atoms with Crippen molar-refractivity contribution in [2.75, 3.05) is 19.0 Å². The summed E-state index contributed by atoms with van der Waals surface area (Å²) in [6.07, 6.45) is 2.02. The molecular weight excluding hydrogens is 488 g/mol. The lowest BCUT2D eigenvalue weighted by molar-refractivity contribution is -0.122. The third-order valence-electron chi connectivity index (χ3n) is 6.69. The summed E-state index contributed by atoms with van der Waals surface area (Å²) in [4.78, 5) is 23.1. The Bertz CT molecular complexity index is 1490. The molecule has 0 unspecified atom stereocenters. The van der Waals surface area contributed by atoms with Gasteiger partial charge in [-0.2, -0.15) is 0 Å². The van der Waals surface area contributed by atoms with E-state index < -0.39 is 0 Å². The van der Waals surface area contributed by atoms with Crippen LogP contribution in [0.1, 0.15) is 28.1 Å². The van der Waals surface area contributed by atoms with E-state index in [0.717, 1.165) is 44.6 Å². The van der Waals surface area contributed by atoms with Gasteiger partial charge in [0.15, 0.2) is 5.17 Å². The third kappa shape index (κ3) is 5.46. The highest BCUT2D eigenvalue weighted by Crippen LogP contribution is 2.35. The average molecular weight is 521 g/mol. The molecule has 0 radical (unpaired) electrons. The summed E-state index contributed by atoms with van der Waals surface area (Å²) in [5, 5.41) is 0.738. The van der Waals surface area contributed by atoms with Gasteiger partial charge in [-0.25, -0.2) is 0 Å². The van der Waals surface area contributed by atoms with Gasteiger partial charge in [0.05, 0.1) is 18.0 Å². The van der Waals surface area contributed by atoms with Crippen molar-refractivity contribution < 1.29 is 4.79 Å². The minimum atomic E-state index is -0.00852. The van der Waals surface area contributed by atoms with Crippen molar-refractivity contribution in [3.8, 4) is 5.69 Å². The molecule has 1 aliphatic heterocycles. The molecule has 1 saturated heterocycles. The molecule has 0 aliphatic carbocycles. The predicted molar refractivity (Wildman–Crippen MR) is 160 cm³/mol. The molecule has 0 spiro atoms. The number of hydrogen-bond donors (Lipinski definition) is 0. The maximum Gasteiger partial charge on any atom is 0.267 e. The highest BCUT2D eigenvalue weighted by molar-refractivity contribution is 8.18. The minimum Gasteiger partial charge on any atom is -0.378 e. The van der Waals surface area contributed by atoms with Gasteiger partial charge in [0.2, 0.25) is 0 Å². The fourth-order valence-electron chi connectivity index (χ4n) is 4.65. The van der Waals surface area contributed by atoms with Crippen LogP contribution in [0.2, 0.25) is 0 Å². The molecule has 5 nitrogen and oxygen atoms in total. The Morgan fingerprint density at radius 2 is 1.50 bits per heavy atom. The SMILES string of the molecule is Cc1cc(/C=C2\SC(=NCc3ccccc3)N(Cc3ccccc3)C2=O)c(C)n1-c1ccc(N(C)C)cc1. The summed E-state index contributed by atoms with van der Waals surface area (Å²) < 4.78 is 2.24. The number of carbonyl (C=O) groups excluding carboxylic acids is 1. The number of aliphatic imine (C=N–C) groups is 1. The summed E-state index contributed by atoms with van der Waals surface area (Å²) in [7, 11) is 4.08. The van der Waals surface area contributed by atoms with Crippen molar-refractivity contribution in [2.24, 2.45) is 4.99 Å². The van der Waals surface area contributed by atoms with E-state index in [1.54, 1.807) is 4.90 Å². The van der Waals surface area contributed by atoms with Crippen LogP contribution in [0.25, 0.3) is 11.8 Å². The Morgan fingerprint density at radius 1 is 0.868 bits per heavy atom. The Labute approximate surface area is 229 Å². The van der Waals surface area contributed by atoms with Crippen LogP contribution in [0.15, 0.2) is 101 Å². The molecule has 2 heterocycles. The zero-order valence-electron chi connectivity index (χ0n) is 22.3. The van der Waals surface area contributed by atoms with Gasteiger partial charge in [-0.1, -0.05) is 60.7 Å². The van der Waals surface area contributed by atoms with Crippen LogP contribution in [0.3, 0.4) is 0 Å². The molecule has 38 heavy (non-hydrogen) atoms. The van der Waals surface area contributed by atoms with Gasteiger partial charge >= 0.3 is 0 Å². The summed E-state index contributed by atoms with van der Waals surface area (Å²) in [5.74, 6) is -0.00852. The van der Waals surface area contributed by atoms with E-state index in [4.69, 9.17) is 4.99 Å². The lowest BCUT2D eigenvalue weighted by Crippen LogP contribution is -2.28. The highest BCUT2D eigenvalue weighted by Gasteiger charge is 2.33. The van der Waals surface area contributed by atoms with Gasteiger partial charge in [-0.15, -0.1) is 0 Å². The van der Waals surface area contributed by atoms with E-state index in [0.29, 0.717) is 18.0 Å². The maximum atomic E-state index is 13.7. The lowest BCUT2D eigenvalue weighted by Gasteiger charge is -2.15. The normalized spacial score (nSPS) is 15.6. The second-order valence-corrected chi connectivity index (χ2v) is 10.7. The van der Waals surface area contributed by atoms with Gasteiger partial charge in [-0.3, -0.25) is 14.7 Å². The molecule has 0 bridgehead atoms. The molecule has 4 aromatic rings. The average Bonchev–Trinajstić information content (AvgIpc) is 3.38. The van der Waals surface area contributed by atoms with Crippen LogP contribution in [0.5, 0.6) is 0 Å². The van der Waals surface area contributed by atoms with Crippen molar-refractivity contribution in [3.63, 3.8) is 0 Å². The molecule has 1 amide bonds. The number of thioether (sulfide) groups is 1. The molecule has 5 rings (SSSR count). The molecule has 1 fully saturated rings. The number of amidine groups is 1. The van der Waals surface area contributed by atoms with Crippen molar-refractivity contribution in [1.29, 1.82) is 0 Å². The highest BCUT2D eigenvalue weighted by atomic mass is 32.2. The number of aryl methyl sites for hydroxylation is 1. The van der Waals surface area contributed by atoms with Crippen LogP contribution < -0.4 is 4.90 Å². The fraction of sp³-hybridized carbons (Fsp3) is 0.188. The van der Waals surface area contributed by atoms with E-state index >= 15 is 0 Å². The molecule has 0 saturated carbocycles. The second-order valence-electron chi connectivity index (χ2n) is 9.64. The maximum absolute atomic E-state index is 13.7. The van der Waals surface area contributed by atoms with Crippen LogP contribution >= 0.6 is 11.8 Å². The molecule has 0 atom stereocenters. The second kappa shape index (κ2) is 11.2. The number of nitrogens with zero attached hydrogens (tertiary/aromatic N) is 4. The first-order valence-electron chi connectivity index (χ1n) is 12.7. The first-order chi connectivity index (χ1) is 18.4. The van der Waals surface area contributed by atoms with Crippen molar-refractivity contribution >= 4 is 34.6 Å².